The van der Waals surface area contributed by atoms with Gasteiger partial charge in [0, 0.05) is 17.6 Å². The zero-order valence-electron chi connectivity index (χ0n) is 12.6. The Morgan fingerprint density at radius 2 is 2.12 bits per heavy atom. The normalized spacial score (nSPS) is 11.1. The van der Waals surface area contributed by atoms with Gasteiger partial charge >= 0.3 is 0 Å². The summed E-state index contributed by atoms with van der Waals surface area (Å²) in [6.45, 7) is 0.411. The van der Waals surface area contributed by atoms with E-state index in [-0.39, 0.29) is 11.3 Å². The first-order chi connectivity index (χ1) is 12.1. The van der Waals surface area contributed by atoms with Gasteiger partial charge in [-0.05, 0) is 68.3 Å². The molecule has 0 unspecified atom stereocenters. The number of furan rings is 1. The van der Waals surface area contributed by atoms with Gasteiger partial charge in [0.2, 0.25) is 5.82 Å². The number of H-pyrrole nitrogens is 1. The van der Waals surface area contributed by atoms with Crippen molar-refractivity contribution in [2.75, 3.05) is 5.32 Å². The lowest BCUT2D eigenvalue weighted by Crippen LogP contribution is -1.99. The van der Waals surface area contributed by atoms with Crippen LogP contribution in [0.3, 0.4) is 0 Å². The maximum absolute atomic E-state index is 14.3. The fourth-order valence-corrected chi connectivity index (χ4v) is 2.85. The van der Waals surface area contributed by atoms with Crippen molar-refractivity contribution in [3.05, 3.63) is 52.3 Å². The van der Waals surface area contributed by atoms with Crippen molar-refractivity contribution in [3.63, 3.8) is 0 Å². The van der Waals surface area contributed by atoms with E-state index >= 15 is 0 Å². The van der Waals surface area contributed by atoms with E-state index in [1.165, 1.54) is 6.07 Å². The van der Waals surface area contributed by atoms with Crippen LogP contribution in [0.4, 0.5) is 10.1 Å². The minimum atomic E-state index is -0.458. The van der Waals surface area contributed by atoms with Crippen LogP contribution < -0.4 is 5.32 Å². The van der Waals surface area contributed by atoms with E-state index in [4.69, 9.17) is 4.42 Å². The Balaban J connectivity index is 1.60. The highest BCUT2D eigenvalue weighted by atomic mass is 79.9. The number of phenols is 1. The van der Waals surface area contributed by atoms with Crippen LogP contribution in [0, 0.1) is 5.82 Å². The highest BCUT2D eigenvalue weighted by Crippen LogP contribution is 2.29. The van der Waals surface area contributed by atoms with E-state index in [1.807, 2.05) is 6.07 Å². The van der Waals surface area contributed by atoms with Crippen LogP contribution >= 0.6 is 15.9 Å². The number of phenolic OH excluding ortho intramolecular Hbond substituents is 1. The molecule has 0 atom stereocenters. The van der Waals surface area contributed by atoms with Gasteiger partial charge in [0.25, 0.3) is 0 Å². The molecule has 0 amide bonds. The minimum absolute atomic E-state index is 0.155. The summed E-state index contributed by atoms with van der Waals surface area (Å²) < 4.78 is 20.4. The fourth-order valence-electron chi connectivity index (χ4n) is 2.47. The minimum Gasteiger partial charge on any atom is -0.507 e. The number of halogens is 2. The molecule has 2 heterocycles. The van der Waals surface area contributed by atoms with Crippen LogP contribution in [-0.4, -0.2) is 25.7 Å². The maximum atomic E-state index is 14.3. The predicted octanol–water partition coefficient (Wildman–Crippen LogP) is 3.83. The van der Waals surface area contributed by atoms with Crippen molar-refractivity contribution in [2.24, 2.45) is 0 Å². The topological polar surface area (TPSA) is 99.9 Å². The van der Waals surface area contributed by atoms with E-state index in [0.717, 1.165) is 11.3 Å². The van der Waals surface area contributed by atoms with Gasteiger partial charge in [-0.15, -0.1) is 5.10 Å². The summed E-state index contributed by atoms with van der Waals surface area (Å²) in [4.78, 5) is 0. The lowest BCUT2D eigenvalue weighted by Gasteiger charge is -2.08. The quantitative estimate of drug-likeness (QED) is 0.447. The molecule has 0 fully saturated rings. The Labute approximate surface area is 149 Å². The first-order valence-corrected chi connectivity index (χ1v) is 8.08. The highest BCUT2D eigenvalue weighted by molar-refractivity contribution is 9.10. The van der Waals surface area contributed by atoms with Crippen LogP contribution in [0.1, 0.15) is 5.56 Å². The summed E-state index contributed by atoms with van der Waals surface area (Å²) in [6.07, 6.45) is 0. The Kier molecular flexibility index (Phi) is 3.85. The van der Waals surface area contributed by atoms with Gasteiger partial charge in [0.15, 0.2) is 17.2 Å². The molecule has 0 aliphatic heterocycles. The van der Waals surface area contributed by atoms with E-state index < -0.39 is 5.82 Å². The second-order valence-electron chi connectivity index (χ2n) is 5.38. The fraction of sp³-hybridized carbons (Fsp3) is 0.0625. The molecule has 0 bridgehead atoms. The van der Waals surface area contributed by atoms with Crippen molar-refractivity contribution in [3.8, 4) is 17.3 Å². The van der Waals surface area contributed by atoms with Gasteiger partial charge in [-0.25, -0.2) is 9.49 Å². The summed E-state index contributed by atoms with van der Waals surface area (Å²) >= 11 is 3.26. The highest BCUT2D eigenvalue weighted by Gasteiger charge is 2.14. The second-order valence-corrected chi connectivity index (χ2v) is 6.23. The van der Waals surface area contributed by atoms with Crippen molar-refractivity contribution in [1.82, 2.24) is 20.6 Å². The third-order valence-corrected chi connectivity index (χ3v) is 4.29. The van der Waals surface area contributed by atoms with Crippen LogP contribution in [0.15, 0.2) is 45.3 Å². The summed E-state index contributed by atoms with van der Waals surface area (Å²) in [5, 5.41) is 26.6. The molecule has 9 heteroatoms. The largest absolute Gasteiger partial charge is 0.507 e. The molecule has 0 saturated carbocycles. The van der Waals surface area contributed by atoms with Gasteiger partial charge in [-0.3, -0.25) is 0 Å². The summed E-state index contributed by atoms with van der Waals surface area (Å²) in [6, 6.07) is 9.98. The van der Waals surface area contributed by atoms with Crippen molar-refractivity contribution in [2.45, 2.75) is 6.54 Å². The molecule has 7 nitrogen and oxygen atoms in total. The lowest BCUT2D eigenvalue weighted by atomic mass is 10.1. The van der Waals surface area contributed by atoms with E-state index in [9.17, 15) is 9.50 Å². The number of hydrogen-bond donors (Lipinski definition) is 3. The number of tetrazole rings is 1. The number of aromatic hydroxyl groups is 1. The number of rotatable bonds is 4. The third-order valence-electron chi connectivity index (χ3n) is 3.65. The zero-order chi connectivity index (χ0) is 17.4. The predicted molar refractivity (Wildman–Crippen MR) is 92.5 cm³/mol. The maximum Gasteiger partial charge on any atom is 0.215 e. The van der Waals surface area contributed by atoms with E-state index in [2.05, 4.69) is 41.9 Å². The van der Waals surface area contributed by atoms with Crippen molar-refractivity contribution in [1.29, 1.82) is 0 Å². The first kappa shape index (κ1) is 15.6. The zero-order valence-corrected chi connectivity index (χ0v) is 14.2. The van der Waals surface area contributed by atoms with E-state index in [0.29, 0.717) is 28.0 Å². The molecule has 0 aliphatic carbocycles. The number of anilines is 1. The molecule has 0 spiro atoms. The molecule has 4 aromatic rings. The summed E-state index contributed by atoms with van der Waals surface area (Å²) in [7, 11) is 0. The van der Waals surface area contributed by atoms with Crippen molar-refractivity contribution < 1.29 is 13.9 Å². The SMILES string of the molecule is Oc1ccc(NCc2cc(F)c3oc(-c4nnn[nH]4)cc3c2)cc1Br. The number of hydrogen-bond acceptors (Lipinski definition) is 6. The number of fused-ring (bicyclic) bond motifs is 1. The third kappa shape index (κ3) is 3.05. The Morgan fingerprint density at radius 3 is 2.88 bits per heavy atom. The van der Waals surface area contributed by atoms with Crippen LogP contribution in [0.25, 0.3) is 22.6 Å². The molecule has 126 valence electrons. The molecule has 25 heavy (non-hydrogen) atoms. The van der Waals surface area contributed by atoms with Gasteiger partial charge in [0.1, 0.15) is 5.75 Å². The average Bonchev–Trinajstić information content (AvgIpc) is 3.25. The van der Waals surface area contributed by atoms with Gasteiger partial charge in [0.05, 0.1) is 4.47 Å². The van der Waals surface area contributed by atoms with Crippen LogP contribution in [0.5, 0.6) is 5.75 Å². The monoisotopic (exact) mass is 403 g/mol. The summed E-state index contributed by atoms with van der Waals surface area (Å²) in [5.41, 5.74) is 1.70. The number of aromatic nitrogens is 4. The number of aromatic amines is 1. The van der Waals surface area contributed by atoms with Crippen LogP contribution in [0.2, 0.25) is 0 Å². The molecule has 0 aliphatic rings. The summed E-state index contributed by atoms with van der Waals surface area (Å²) in [5.74, 6) is 0.404. The molecular formula is C16H11BrFN5O2. The molecule has 0 saturated heterocycles. The van der Waals surface area contributed by atoms with Gasteiger partial charge in [-0.2, -0.15) is 0 Å². The lowest BCUT2D eigenvalue weighted by molar-refractivity contribution is 0.472. The molecular weight excluding hydrogens is 393 g/mol. The Morgan fingerprint density at radius 1 is 1.24 bits per heavy atom. The molecule has 3 N–H and O–H groups in total. The second kappa shape index (κ2) is 6.17. The van der Waals surface area contributed by atoms with Gasteiger partial charge < -0.3 is 14.8 Å². The average molecular weight is 404 g/mol. The number of benzene rings is 2. The number of nitrogens with zero attached hydrogens (tertiary/aromatic N) is 3. The molecule has 4 rings (SSSR count). The smallest absolute Gasteiger partial charge is 0.215 e. The first-order valence-electron chi connectivity index (χ1n) is 7.28. The van der Waals surface area contributed by atoms with Crippen LogP contribution in [-0.2, 0) is 6.54 Å². The van der Waals surface area contributed by atoms with Gasteiger partial charge in [-0.1, -0.05) is 0 Å². The standard InChI is InChI=1S/C16H11BrFN5O2/c17-11-6-10(1-2-13(11)24)19-7-8-3-9-5-14(16-20-22-23-21-16)25-15(9)12(18)4-8/h1-6,19,24H,7H2,(H,20,21,22,23). The Hall–Kier alpha value is -2.94. The Bertz CT molecular complexity index is 1050. The molecule has 2 aromatic carbocycles. The van der Waals surface area contributed by atoms with E-state index in [1.54, 1.807) is 24.3 Å². The van der Waals surface area contributed by atoms with Crippen molar-refractivity contribution >= 4 is 32.6 Å². The molecule has 2 aromatic heterocycles. The number of nitrogens with one attached hydrogen (secondary N) is 2. The molecule has 0 radical (unpaired) electrons.